The molecule has 0 bridgehead atoms. The van der Waals surface area contributed by atoms with Crippen molar-refractivity contribution in [2.75, 3.05) is 16.4 Å². The summed E-state index contributed by atoms with van der Waals surface area (Å²) in [6.07, 6.45) is 0. The largest absolute Gasteiger partial charge is 0.326 e. The van der Waals surface area contributed by atoms with Gasteiger partial charge in [0.1, 0.15) is 0 Å². The first kappa shape index (κ1) is 21.9. The van der Waals surface area contributed by atoms with Gasteiger partial charge in [-0.3, -0.25) is 9.59 Å². The minimum Gasteiger partial charge on any atom is -0.326 e. The van der Waals surface area contributed by atoms with Crippen LogP contribution in [-0.4, -0.2) is 42.8 Å². The molecular formula is C20H16ClN7O2S2. The van der Waals surface area contributed by atoms with Gasteiger partial charge in [0.25, 0.3) is 0 Å². The van der Waals surface area contributed by atoms with E-state index in [9.17, 15) is 9.59 Å². The molecule has 4 aromatic rings. The molecule has 0 aliphatic heterocycles. The van der Waals surface area contributed by atoms with Gasteiger partial charge < -0.3 is 10.6 Å². The molecule has 0 saturated heterocycles. The Morgan fingerprint density at radius 1 is 1.09 bits per heavy atom. The topological polar surface area (TPSA) is 115 Å². The Bertz CT molecular complexity index is 1240. The number of aromatic nitrogens is 5. The van der Waals surface area contributed by atoms with E-state index in [0.29, 0.717) is 26.7 Å². The van der Waals surface area contributed by atoms with Crippen molar-refractivity contribution in [2.24, 2.45) is 0 Å². The van der Waals surface area contributed by atoms with Gasteiger partial charge in [-0.15, -0.1) is 16.4 Å². The number of halogens is 1. The van der Waals surface area contributed by atoms with Crippen LogP contribution in [0, 0.1) is 0 Å². The maximum Gasteiger partial charge on any atom is 0.236 e. The minimum atomic E-state index is -0.220. The molecule has 0 fully saturated rings. The van der Waals surface area contributed by atoms with Crippen LogP contribution in [0.3, 0.4) is 0 Å². The fourth-order valence-electron chi connectivity index (χ4n) is 2.69. The highest BCUT2D eigenvalue weighted by atomic mass is 35.5. The number of rotatable bonds is 7. The number of nitrogens with one attached hydrogen (secondary N) is 2. The molecule has 162 valence electrons. The van der Waals surface area contributed by atoms with Crippen molar-refractivity contribution in [3.05, 3.63) is 58.9 Å². The average Bonchev–Trinajstić information content (AvgIpc) is 3.43. The number of benzene rings is 2. The molecule has 0 aliphatic carbocycles. The first-order chi connectivity index (χ1) is 15.5. The van der Waals surface area contributed by atoms with Crippen LogP contribution in [0.1, 0.15) is 6.92 Å². The number of hydrogen-bond donors (Lipinski definition) is 2. The van der Waals surface area contributed by atoms with Crippen molar-refractivity contribution in [1.82, 2.24) is 25.2 Å². The second kappa shape index (κ2) is 9.90. The summed E-state index contributed by atoms with van der Waals surface area (Å²) >= 11 is 8.47. The molecule has 0 aliphatic rings. The normalized spacial score (nSPS) is 10.7. The van der Waals surface area contributed by atoms with E-state index in [4.69, 9.17) is 11.6 Å². The number of thioether (sulfide) groups is 1. The molecule has 12 heteroatoms. The number of carbonyl (C=O) groups excluding carboxylic acids is 2. The van der Waals surface area contributed by atoms with E-state index in [2.05, 4.69) is 31.1 Å². The summed E-state index contributed by atoms with van der Waals surface area (Å²) in [6, 6.07) is 14.4. The molecule has 4 rings (SSSR count). The third-order valence-corrected chi connectivity index (χ3v) is 6.03. The number of tetrazole rings is 1. The van der Waals surface area contributed by atoms with Gasteiger partial charge in [-0.05, 0) is 46.8 Å². The number of amides is 2. The number of hydrogen-bond acceptors (Lipinski definition) is 8. The van der Waals surface area contributed by atoms with Gasteiger partial charge in [-0.25, -0.2) is 4.98 Å². The standard InChI is InChI=1S/C20H16ClN7O2S2/c1-12(29)22-15-6-8-16(9-7-15)28-20(25-26-27-28)32-11-18(30)24-19-23-17(10-31-19)13-2-4-14(21)5-3-13/h2-10H,11H2,1H3,(H,22,29)(H,23,24,30). The zero-order valence-electron chi connectivity index (χ0n) is 16.7. The summed E-state index contributed by atoms with van der Waals surface area (Å²) < 4.78 is 1.53. The van der Waals surface area contributed by atoms with E-state index in [1.807, 2.05) is 17.5 Å². The zero-order chi connectivity index (χ0) is 22.5. The van der Waals surface area contributed by atoms with E-state index >= 15 is 0 Å². The zero-order valence-corrected chi connectivity index (χ0v) is 19.0. The molecule has 2 heterocycles. The summed E-state index contributed by atoms with van der Waals surface area (Å²) in [4.78, 5) is 28.0. The van der Waals surface area contributed by atoms with Gasteiger partial charge in [0.05, 0.1) is 17.1 Å². The third kappa shape index (κ3) is 5.49. The Hall–Kier alpha value is -3.28. The quantitative estimate of drug-likeness (QED) is 0.378. The van der Waals surface area contributed by atoms with E-state index < -0.39 is 0 Å². The molecule has 2 amide bonds. The molecule has 0 unspecified atom stereocenters. The molecule has 9 nitrogen and oxygen atoms in total. The fourth-order valence-corrected chi connectivity index (χ4v) is 4.24. The highest BCUT2D eigenvalue weighted by Crippen LogP contribution is 2.26. The highest BCUT2D eigenvalue weighted by molar-refractivity contribution is 7.99. The Balaban J connectivity index is 1.36. The van der Waals surface area contributed by atoms with Crippen LogP contribution in [0.4, 0.5) is 10.8 Å². The van der Waals surface area contributed by atoms with Gasteiger partial charge in [-0.1, -0.05) is 35.5 Å². The van der Waals surface area contributed by atoms with Gasteiger partial charge in [0, 0.05) is 28.6 Å². The molecule has 2 aromatic heterocycles. The summed E-state index contributed by atoms with van der Waals surface area (Å²) in [5, 5.41) is 20.7. The number of thiazole rings is 1. The summed E-state index contributed by atoms with van der Waals surface area (Å²) in [7, 11) is 0. The van der Waals surface area contributed by atoms with Crippen molar-refractivity contribution in [1.29, 1.82) is 0 Å². The molecular weight excluding hydrogens is 470 g/mol. The summed E-state index contributed by atoms with van der Waals surface area (Å²) in [5.74, 6) is -0.259. The van der Waals surface area contributed by atoms with E-state index in [1.165, 1.54) is 34.7 Å². The van der Waals surface area contributed by atoms with Crippen molar-refractivity contribution >= 4 is 57.3 Å². The van der Waals surface area contributed by atoms with Crippen molar-refractivity contribution in [2.45, 2.75) is 12.1 Å². The molecule has 0 radical (unpaired) electrons. The van der Waals surface area contributed by atoms with Crippen LogP contribution in [0.15, 0.2) is 59.1 Å². The Morgan fingerprint density at radius 2 is 1.84 bits per heavy atom. The molecule has 0 saturated carbocycles. The smallest absolute Gasteiger partial charge is 0.236 e. The summed E-state index contributed by atoms with van der Waals surface area (Å²) in [6.45, 7) is 1.44. The number of carbonyl (C=O) groups is 2. The summed E-state index contributed by atoms with van der Waals surface area (Å²) in [5.41, 5.74) is 3.06. The third-order valence-electron chi connectivity index (χ3n) is 4.10. The highest BCUT2D eigenvalue weighted by Gasteiger charge is 2.13. The van der Waals surface area contributed by atoms with Crippen LogP contribution < -0.4 is 10.6 Å². The van der Waals surface area contributed by atoms with Crippen LogP contribution >= 0.6 is 34.7 Å². The first-order valence-corrected chi connectivity index (χ1v) is 11.5. The van der Waals surface area contributed by atoms with E-state index in [0.717, 1.165) is 11.3 Å². The van der Waals surface area contributed by atoms with Crippen LogP contribution in [0.2, 0.25) is 5.02 Å². The number of nitrogens with zero attached hydrogens (tertiary/aromatic N) is 5. The van der Waals surface area contributed by atoms with Gasteiger partial charge in [-0.2, -0.15) is 4.68 Å². The van der Waals surface area contributed by atoms with Crippen molar-refractivity contribution in [3.8, 4) is 16.9 Å². The van der Waals surface area contributed by atoms with Crippen molar-refractivity contribution in [3.63, 3.8) is 0 Å². The minimum absolute atomic E-state index is 0.111. The fraction of sp³-hybridized carbons (Fsp3) is 0.100. The number of anilines is 2. The maximum atomic E-state index is 12.4. The lowest BCUT2D eigenvalue weighted by atomic mass is 10.2. The lowest BCUT2D eigenvalue weighted by Crippen LogP contribution is -2.14. The molecule has 32 heavy (non-hydrogen) atoms. The predicted molar refractivity (Wildman–Crippen MR) is 125 cm³/mol. The lowest BCUT2D eigenvalue weighted by molar-refractivity contribution is -0.114. The van der Waals surface area contributed by atoms with E-state index in [1.54, 1.807) is 36.4 Å². The molecule has 2 N–H and O–H groups in total. The average molecular weight is 486 g/mol. The Labute approximate surface area is 196 Å². The maximum absolute atomic E-state index is 12.4. The first-order valence-electron chi connectivity index (χ1n) is 9.28. The second-order valence-corrected chi connectivity index (χ2v) is 8.72. The second-order valence-electron chi connectivity index (χ2n) is 6.48. The van der Waals surface area contributed by atoms with Crippen LogP contribution in [0.25, 0.3) is 16.9 Å². The molecule has 2 aromatic carbocycles. The van der Waals surface area contributed by atoms with Crippen LogP contribution in [-0.2, 0) is 9.59 Å². The van der Waals surface area contributed by atoms with Crippen molar-refractivity contribution < 1.29 is 9.59 Å². The van der Waals surface area contributed by atoms with E-state index in [-0.39, 0.29) is 17.6 Å². The molecule has 0 atom stereocenters. The Morgan fingerprint density at radius 3 is 2.56 bits per heavy atom. The monoisotopic (exact) mass is 485 g/mol. The SMILES string of the molecule is CC(=O)Nc1ccc(-n2nnnc2SCC(=O)Nc2nc(-c3ccc(Cl)cc3)cs2)cc1. The van der Waals surface area contributed by atoms with Gasteiger partial charge in [0.15, 0.2) is 5.13 Å². The van der Waals surface area contributed by atoms with Crippen LogP contribution in [0.5, 0.6) is 0 Å². The Kier molecular flexibility index (Phi) is 6.78. The lowest BCUT2D eigenvalue weighted by Gasteiger charge is -2.06. The van der Waals surface area contributed by atoms with Gasteiger partial charge in [0.2, 0.25) is 17.0 Å². The predicted octanol–water partition coefficient (Wildman–Crippen LogP) is 4.13. The molecule has 0 spiro atoms. The van der Waals surface area contributed by atoms with Gasteiger partial charge >= 0.3 is 0 Å².